The zero-order valence-electron chi connectivity index (χ0n) is 10.1. The molecule has 102 valence electrons. The third-order valence-corrected chi connectivity index (χ3v) is 3.12. The van der Waals surface area contributed by atoms with E-state index in [9.17, 15) is 9.59 Å². The lowest BCUT2D eigenvalue weighted by Crippen LogP contribution is -2.50. The molecule has 5 N–H and O–H groups in total. The summed E-state index contributed by atoms with van der Waals surface area (Å²) >= 11 is 5.88. The van der Waals surface area contributed by atoms with Crippen molar-refractivity contribution in [2.75, 3.05) is 12.0 Å². The summed E-state index contributed by atoms with van der Waals surface area (Å²) in [7, 11) is 0. The smallest absolute Gasteiger partial charge is 0.253 e. The molecule has 0 bridgehead atoms. The maximum Gasteiger partial charge on any atom is 0.253 e. The number of carbonyl (C=O) groups is 2. The molecular weight excluding hydrogens is 270 g/mol. The summed E-state index contributed by atoms with van der Waals surface area (Å²) < 4.78 is 0. The number of hydrogen-bond donors (Lipinski definition) is 4. The molecule has 2 rings (SSSR count). The van der Waals surface area contributed by atoms with Crippen molar-refractivity contribution in [3.05, 3.63) is 22.8 Å². The van der Waals surface area contributed by atoms with E-state index in [0.29, 0.717) is 13.0 Å². The van der Waals surface area contributed by atoms with Gasteiger partial charge in [-0.1, -0.05) is 11.6 Å². The molecule has 1 fully saturated rings. The Labute approximate surface area is 114 Å². The molecule has 0 saturated carbocycles. The van der Waals surface area contributed by atoms with Gasteiger partial charge in [-0.15, -0.1) is 0 Å². The molecule has 0 radical (unpaired) electrons. The first kappa shape index (κ1) is 13.6. The fourth-order valence-corrected chi connectivity index (χ4v) is 2.04. The summed E-state index contributed by atoms with van der Waals surface area (Å²) in [6.07, 6.45) is 2.81. The lowest BCUT2D eigenvalue weighted by molar-refractivity contribution is -0.124. The van der Waals surface area contributed by atoms with Gasteiger partial charge in [0.1, 0.15) is 6.04 Å². The zero-order valence-corrected chi connectivity index (χ0v) is 10.8. The second-order valence-electron chi connectivity index (χ2n) is 4.16. The number of pyridine rings is 1. The lowest BCUT2D eigenvalue weighted by Gasteiger charge is -2.22. The lowest BCUT2D eigenvalue weighted by atomic mass is 10.1. The van der Waals surface area contributed by atoms with Crippen LogP contribution in [0.3, 0.4) is 0 Å². The first-order valence-electron chi connectivity index (χ1n) is 5.82. The van der Waals surface area contributed by atoms with Gasteiger partial charge in [0.2, 0.25) is 5.91 Å². The van der Waals surface area contributed by atoms with Crippen molar-refractivity contribution in [3.63, 3.8) is 0 Å². The maximum absolute atomic E-state index is 12.0. The number of nitrogen functional groups attached to an aromatic ring is 1. The number of nitrogens with two attached hydrogens (primary N) is 1. The van der Waals surface area contributed by atoms with Crippen LogP contribution in [0, 0.1) is 0 Å². The number of carbonyl (C=O) groups excluding carboxylic acids is 2. The Balaban J connectivity index is 2.07. The van der Waals surface area contributed by atoms with Crippen LogP contribution in [0.4, 0.5) is 5.82 Å². The van der Waals surface area contributed by atoms with Gasteiger partial charge in [-0.05, 0) is 18.9 Å². The van der Waals surface area contributed by atoms with Crippen molar-refractivity contribution < 1.29 is 9.59 Å². The molecule has 2 amide bonds. The van der Waals surface area contributed by atoms with Crippen molar-refractivity contribution in [2.24, 2.45) is 5.84 Å². The van der Waals surface area contributed by atoms with Crippen LogP contribution >= 0.6 is 11.6 Å². The van der Waals surface area contributed by atoms with E-state index in [0.717, 1.165) is 6.42 Å². The first-order valence-corrected chi connectivity index (χ1v) is 6.20. The van der Waals surface area contributed by atoms with E-state index in [1.165, 1.54) is 12.3 Å². The molecule has 1 aliphatic heterocycles. The van der Waals surface area contributed by atoms with Crippen LogP contribution in [-0.4, -0.2) is 29.4 Å². The molecule has 1 aromatic heterocycles. The summed E-state index contributed by atoms with van der Waals surface area (Å²) in [6.45, 7) is 0.648. The molecule has 19 heavy (non-hydrogen) atoms. The minimum absolute atomic E-state index is 0.168. The summed E-state index contributed by atoms with van der Waals surface area (Å²) in [5.41, 5.74) is 2.59. The van der Waals surface area contributed by atoms with Gasteiger partial charge in [0.05, 0.1) is 10.6 Å². The van der Waals surface area contributed by atoms with E-state index < -0.39 is 6.04 Å². The number of amides is 2. The number of hydrogen-bond acceptors (Lipinski definition) is 5. The highest BCUT2D eigenvalue weighted by Gasteiger charge is 2.24. The van der Waals surface area contributed by atoms with Gasteiger partial charge < -0.3 is 16.1 Å². The molecular formula is C11H14ClN5O2. The Morgan fingerprint density at radius 1 is 1.58 bits per heavy atom. The minimum Gasteiger partial charge on any atom is -0.354 e. The molecule has 1 unspecified atom stereocenters. The number of aromatic nitrogens is 1. The van der Waals surface area contributed by atoms with Gasteiger partial charge in [-0.2, -0.15) is 0 Å². The van der Waals surface area contributed by atoms with E-state index >= 15 is 0 Å². The van der Waals surface area contributed by atoms with Crippen molar-refractivity contribution in [3.8, 4) is 0 Å². The van der Waals surface area contributed by atoms with Crippen LogP contribution in [0.25, 0.3) is 0 Å². The quantitative estimate of drug-likeness (QED) is 0.462. The minimum atomic E-state index is -0.507. The largest absolute Gasteiger partial charge is 0.354 e. The second kappa shape index (κ2) is 5.85. The van der Waals surface area contributed by atoms with Crippen LogP contribution in [0.15, 0.2) is 12.3 Å². The van der Waals surface area contributed by atoms with E-state index in [1.54, 1.807) is 0 Å². The molecule has 1 aliphatic rings. The second-order valence-corrected chi connectivity index (χ2v) is 4.57. The van der Waals surface area contributed by atoms with Crippen molar-refractivity contribution in [1.29, 1.82) is 0 Å². The number of rotatable bonds is 3. The summed E-state index contributed by atoms with van der Waals surface area (Å²) in [5.74, 6) is 4.92. The number of hydrazine groups is 1. The van der Waals surface area contributed by atoms with E-state index in [-0.39, 0.29) is 28.2 Å². The van der Waals surface area contributed by atoms with Gasteiger partial charge in [0.25, 0.3) is 5.91 Å². The number of nitrogens with zero attached hydrogens (tertiary/aromatic N) is 1. The average molecular weight is 284 g/mol. The summed E-state index contributed by atoms with van der Waals surface area (Å²) in [6, 6.07) is 0.937. The molecule has 7 nitrogen and oxygen atoms in total. The number of piperidine rings is 1. The van der Waals surface area contributed by atoms with E-state index in [4.69, 9.17) is 17.4 Å². The van der Waals surface area contributed by atoms with Crippen LogP contribution in [-0.2, 0) is 4.79 Å². The van der Waals surface area contributed by atoms with Gasteiger partial charge >= 0.3 is 0 Å². The molecule has 1 atom stereocenters. The fraction of sp³-hybridized carbons (Fsp3) is 0.364. The van der Waals surface area contributed by atoms with Crippen LogP contribution in [0.5, 0.6) is 0 Å². The fourth-order valence-electron chi connectivity index (χ4n) is 1.82. The van der Waals surface area contributed by atoms with Crippen molar-refractivity contribution >= 4 is 29.2 Å². The molecule has 2 heterocycles. The highest BCUT2D eigenvalue weighted by atomic mass is 35.5. The third kappa shape index (κ3) is 3.12. The van der Waals surface area contributed by atoms with Crippen LogP contribution < -0.4 is 21.9 Å². The van der Waals surface area contributed by atoms with Gasteiger partial charge in [0.15, 0.2) is 5.82 Å². The predicted molar refractivity (Wildman–Crippen MR) is 70.6 cm³/mol. The van der Waals surface area contributed by atoms with Crippen molar-refractivity contribution in [1.82, 2.24) is 15.6 Å². The van der Waals surface area contributed by atoms with Crippen LogP contribution in [0.2, 0.25) is 5.02 Å². The Hall–Kier alpha value is -1.86. The van der Waals surface area contributed by atoms with Crippen LogP contribution in [0.1, 0.15) is 23.2 Å². The highest BCUT2D eigenvalue weighted by molar-refractivity contribution is 6.33. The third-order valence-electron chi connectivity index (χ3n) is 2.83. The van der Waals surface area contributed by atoms with E-state index in [1.807, 2.05) is 0 Å². The molecule has 0 spiro atoms. The molecule has 8 heteroatoms. The monoisotopic (exact) mass is 283 g/mol. The normalized spacial score (nSPS) is 18.6. The molecule has 0 aromatic carbocycles. The van der Waals surface area contributed by atoms with Gasteiger partial charge in [-0.25, -0.2) is 10.8 Å². The zero-order chi connectivity index (χ0) is 13.8. The Kier molecular flexibility index (Phi) is 4.18. The van der Waals surface area contributed by atoms with Gasteiger partial charge in [-0.3, -0.25) is 9.59 Å². The number of nitrogens with one attached hydrogen (secondary N) is 3. The van der Waals surface area contributed by atoms with Crippen molar-refractivity contribution in [2.45, 2.75) is 18.9 Å². The van der Waals surface area contributed by atoms with E-state index in [2.05, 4.69) is 21.0 Å². The average Bonchev–Trinajstić information content (AvgIpc) is 2.41. The highest BCUT2D eigenvalue weighted by Crippen LogP contribution is 2.19. The number of anilines is 1. The summed E-state index contributed by atoms with van der Waals surface area (Å²) in [5, 5.41) is 5.58. The first-order chi connectivity index (χ1) is 9.11. The Morgan fingerprint density at radius 2 is 2.37 bits per heavy atom. The topological polar surface area (TPSA) is 109 Å². The molecule has 0 aliphatic carbocycles. The standard InChI is InChI=1S/C11H14ClN5O2/c12-7-4-6(5-15-9(7)17-13)10(18)16-8-2-1-3-14-11(8)19/h4-5,8H,1-3,13H2,(H,14,19)(H,15,17)(H,16,18). The Morgan fingerprint density at radius 3 is 3.00 bits per heavy atom. The number of halogens is 1. The predicted octanol–water partition coefficient (Wildman–Crippen LogP) is 0.0290. The summed E-state index contributed by atoms with van der Waals surface area (Å²) in [4.78, 5) is 27.4. The molecule has 1 saturated heterocycles. The SMILES string of the molecule is NNc1ncc(C(=O)NC2CCCNC2=O)cc1Cl. The van der Waals surface area contributed by atoms with Gasteiger partial charge in [0, 0.05) is 12.7 Å². The Bertz CT molecular complexity index is 508. The molecule has 1 aromatic rings. The maximum atomic E-state index is 12.0.